The molecule has 0 radical (unpaired) electrons. The van der Waals surface area contributed by atoms with Crippen molar-refractivity contribution in [2.75, 3.05) is 13.7 Å². The third kappa shape index (κ3) is 5.04. The molecule has 158 valence electrons. The van der Waals surface area contributed by atoms with E-state index in [1.54, 1.807) is 19.2 Å². The van der Waals surface area contributed by atoms with E-state index in [0.29, 0.717) is 18.7 Å². The molecule has 1 amide bonds. The lowest BCUT2D eigenvalue weighted by Crippen LogP contribution is -2.24. The Hall–Kier alpha value is -3.80. The van der Waals surface area contributed by atoms with Gasteiger partial charge in [-0.05, 0) is 55.0 Å². The van der Waals surface area contributed by atoms with Gasteiger partial charge in [-0.25, -0.2) is 4.98 Å². The Morgan fingerprint density at radius 1 is 0.935 bits per heavy atom. The topological polar surface area (TPSA) is 65.4 Å². The number of methoxy groups -OCH3 is 1. The molecule has 1 aromatic heterocycles. The highest BCUT2D eigenvalue weighted by Crippen LogP contribution is 2.19. The summed E-state index contributed by atoms with van der Waals surface area (Å²) in [4.78, 5) is 17.2. The largest absolute Gasteiger partial charge is 0.497 e. The number of amides is 1. The van der Waals surface area contributed by atoms with E-state index in [9.17, 15) is 4.79 Å². The predicted octanol–water partition coefficient (Wildman–Crippen LogP) is 4.44. The van der Waals surface area contributed by atoms with Crippen LogP contribution in [0.1, 0.15) is 22.6 Å². The van der Waals surface area contributed by atoms with E-state index in [1.807, 2.05) is 60.7 Å². The second-order valence-electron chi connectivity index (χ2n) is 7.09. The monoisotopic (exact) mass is 415 g/mol. The molecule has 4 aromatic rings. The number of hydrogen-bond acceptors (Lipinski definition) is 4. The van der Waals surface area contributed by atoms with Gasteiger partial charge in [0.2, 0.25) is 0 Å². The zero-order valence-corrected chi connectivity index (χ0v) is 17.5. The Morgan fingerprint density at radius 2 is 1.65 bits per heavy atom. The summed E-state index contributed by atoms with van der Waals surface area (Å²) in [7, 11) is 1.64. The molecule has 0 fully saturated rings. The molecule has 0 aliphatic rings. The summed E-state index contributed by atoms with van der Waals surface area (Å²) in [6.45, 7) is 1.68. The number of hydrogen-bond donors (Lipinski definition) is 1. The lowest BCUT2D eigenvalue weighted by Gasteiger charge is -2.11. The molecule has 1 N–H and O–H groups in total. The maximum absolute atomic E-state index is 12.4. The molecule has 0 saturated heterocycles. The van der Waals surface area contributed by atoms with E-state index in [4.69, 9.17) is 14.5 Å². The highest BCUT2D eigenvalue weighted by molar-refractivity contribution is 5.94. The van der Waals surface area contributed by atoms with Crippen molar-refractivity contribution in [3.05, 3.63) is 90.3 Å². The Balaban J connectivity index is 1.40. The van der Waals surface area contributed by atoms with Gasteiger partial charge < -0.3 is 19.4 Å². The molecule has 0 atom stereocenters. The lowest BCUT2D eigenvalue weighted by atomic mass is 10.2. The summed E-state index contributed by atoms with van der Waals surface area (Å²) in [5.74, 6) is 2.34. The molecule has 0 aliphatic heterocycles. The second kappa shape index (κ2) is 9.80. The van der Waals surface area contributed by atoms with Gasteiger partial charge in [-0.3, -0.25) is 4.79 Å². The molecule has 6 heteroatoms. The number of para-hydroxylation sites is 2. The zero-order valence-electron chi connectivity index (χ0n) is 17.5. The maximum Gasteiger partial charge on any atom is 0.251 e. The fourth-order valence-corrected chi connectivity index (χ4v) is 3.45. The fraction of sp³-hybridized carbons (Fsp3) is 0.200. The van der Waals surface area contributed by atoms with E-state index in [0.717, 1.165) is 41.3 Å². The fourth-order valence-electron chi connectivity index (χ4n) is 3.45. The van der Waals surface area contributed by atoms with Crippen LogP contribution in [0.15, 0.2) is 78.9 Å². The van der Waals surface area contributed by atoms with Crippen LogP contribution in [-0.4, -0.2) is 29.2 Å². The quantitative estimate of drug-likeness (QED) is 0.410. The first-order valence-corrected chi connectivity index (χ1v) is 10.3. The number of nitrogens with zero attached hydrogens (tertiary/aromatic N) is 2. The number of fused-ring (bicyclic) bond motifs is 1. The number of ether oxygens (including phenoxy) is 2. The molecule has 0 unspecified atom stereocenters. The molecule has 0 aliphatic carbocycles. The highest BCUT2D eigenvalue weighted by atomic mass is 16.5. The van der Waals surface area contributed by atoms with E-state index >= 15 is 0 Å². The van der Waals surface area contributed by atoms with Crippen molar-refractivity contribution in [3.63, 3.8) is 0 Å². The van der Waals surface area contributed by atoms with E-state index in [2.05, 4.69) is 16.0 Å². The van der Waals surface area contributed by atoms with E-state index in [1.165, 1.54) is 0 Å². The molecule has 4 rings (SSSR count). The summed E-state index contributed by atoms with van der Waals surface area (Å²) in [5, 5.41) is 2.98. The highest BCUT2D eigenvalue weighted by Gasteiger charge is 2.12. The molecule has 0 bridgehead atoms. The van der Waals surface area contributed by atoms with Gasteiger partial charge in [-0.1, -0.05) is 30.3 Å². The predicted molar refractivity (Wildman–Crippen MR) is 120 cm³/mol. The van der Waals surface area contributed by atoms with Gasteiger partial charge >= 0.3 is 0 Å². The van der Waals surface area contributed by atoms with Crippen molar-refractivity contribution in [1.29, 1.82) is 0 Å². The average molecular weight is 415 g/mol. The smallest absolute Gasteiger partial charge is 0.251 e. The van der Waals surface area contributed by atoms with Crippen LogP contribution >= 0.6 is 0 Å². The number of carbonyl (C=O) groups excluding carboxylic acids is 1. The van der Waals surface area contributed by atoms with Crippen molar-refractivity contribution < 1.29 is 14.3 Å². The van der Waals surface area contributed by atoms with Crippen molar-refractivity contribution in [2.45, 2.75) is 19.5 Å². The van der Waals surface area contributed by atoms with Crippen LogP contribution in [0.3, 0.4) is 0 Å². The minimum absolute atomic E-state index is 0.109. The molecule has 3 aromatic carbocycles. The van der Waals surface area contributed by atoms with Crippen LogP contribution in [0.5, 0.6) is 11.5 Å². The number of nitrogens with one attached hydrogen (secondary N) is 1. The average Bonchev–Trinajstić information content (AvgIpc) is 3.18. The van der Waals surface area contributed by atoms with Crippen molar-refractivity contribution in [1.82, 2.24) is 14.9 Å². The summed E-state index contributed by atoms with van der Waals surface area (Å²) >= 11 is 0. The van der Waals surface area contributed by atoms with Gasteiger partial charge in [0.1, 0.15) is 17.3 Å². The number of carbonyl (C=O) groups is 1. The number of imidazole rings is 1. The SMILES string of the molecule is COc1ccc(OCCCn2c(CNC(=O)c3ccccc3)nc3ccccc32)cc1. The molecule has 1 heterocycles. The lowest BCUT2D eigenvalue weighted by molar-refractivity contribution is 0.0949. The summed E-state index contributed by atoms with van der Waals surface area (Å²) < 4.78 is 13.2. The molecule has 6 nitrogen and oxygen atoms in total. The van der Waals surface area contributed by atoms with Crippen LogP contribution in [-0.2, 0) is 13.1 Å². The minimum atomic E-state index is -0.109. The Bertz CT molecular complexity index is 1140. The summed E-state index contributed by atoms with van der Waals surface area (Å²) in [5.41, 5.74) is 2.61. The van der Waals surface area contributed by atoms with Gasteiger partial charge in [-0.2, -0.15) is 0 Å². The van der Waals surface area contributed by atoms with Gasteiger partial charge in [0, 0.05) is 12.1 Å². The zero-order chi connectivity index (χ0) is 21.5. The molecule has 0 spiro atoms. The number of benzene rings is 3. The summed E-state index contributed by atoms with van der Waals surface area (Å²) in [6, 6.07) is 24.8. The van der Waals surface area contributed by atoms with E-state index in [-0.39, 0.29) is 5.91 Å². The van der Waals surface area contributed by atoms with Gasteiger partial charge in [0.15, 0.2) is 0 Å². The van der Waals surface area contributed by atoms with Crippen molar-refractivity contribution in [3.8, 4) is 11.5 Å². The molecule has 31 heavy (non-hydrogen) atoms. The van der Waals surface area contributed by atoms with Gasteiger partial charge in [0.25, 0.3) is 5.91 Å². The molecular formula is C25H25N3O3. The van der Waals surface area contributed by atoms with Gasteiger partial charge in [-0.15, -0.1) is 0 Å². The Labute approximate surface area is 181 Å². The maximum atomic E-state index is 12.4. The second-order valence-corrected chi connectivity index (χ2v) is 7.09. The van der Waals surface area contributed by atoms with Crippen LogP contribution in [0, 0.1) is 0 Å². The standard InChI is InChI=1S/C25H25N3O3/c1-30-20-12-14-21(15-13-20)31-17-7-16-28-23-11-6-5-10-22(23)27-24(28)18-26-25(29)19-8-3-2-4-9-19/h2-6,8-15H,7,16-18H2,1H3,(H,26,29). The van der Waals surface area contributed by atoms with Crippen molar-refractivity contribution >= 4 is 16.9 Å². The first-order chi connectivity index (χ1) is 15.2. The van der Waals surface area contributed by atoms with Crippen LogP contribution in [0.4, 0.5) is 0 Å². The normalized spacial score (nSPS) is 10.7. The number of aryl methyl sites for hydroxylation is 1. The molecule has 0 saturated carbocycles. The first kappa shape index (κ1) is 20.5. The summed E-state index contributed by atoms with van der Waals surface area (Å²) in [6.07, 6.45) is 0.812. The van der Waals surface area contributed by atoms with E-state index < -0.39 is 0 Å². The first-order valence-electron chi connectivity index (χ1n) is 10.3. The third-order valence-corrected chi connectivity index (χ3v) is 5.03. The molecular weight excluding hydrogens is 390 g/mol. The number of aromatic nitrogens is 2. The van der Waals surface area contributed by atoms with Crippen LogP contribution in [0.2, 0.25) is 0 Å². The van der Waals surface area contributed by atoms with Gasteiger partial charge in [0.05, 0.1) is 31.3 Å². The van der Waals surface area contributed by atoms with Crippen LogP contribution in [0.25, 0.3) is 11.0 Å². The third-order valence-electron chi connectivity index (χ3n) is 5.03. The Morgan fingerprint density at radius 3 is 2.42 bits per heavy atom. The Kier molecular flexibility index (Phi) is 6.47. The number of rotatable bonds is 9. The van der Waals surface area contributed by atoms with Crippen LogP contribution < -0.4 is 14.8 Å². The van der Waals surface area contributed by atoms with Crippen molar-refractivity contribution in [2.24, 2.45) is 0 Å². The minimum Gasteiger partial charge on any atom is -0.497 e.